The van der Waals surface area contributed by atoms with Gasteiger partial charge in [-0.25, -0.2) is 14.5 Å². The number of esters is 1. The molecule has 0 unspecified atom stereocenters. The van der Waals surface area contributed by atoms with Crippen molar-refractivity contribution < 1.29 is 33.4 Å². The summed E-state index contributed by atoms with van der Waals surface area (Å²) in [7, 11) is 2.67. The maximum Gasteiger partial charge on any atom is 0.343 e. The Morgan fingerprint density at radius 1 is 1.06 bits per heavy atom. The Kier molecular flexibility index (Phi) is 7.36. The van der Waals surface area contributed by atoms with Crippen LogP contribution in [-0.2, 0) is 19.1 Å². The fourth-order valence-electron chi connectivity index (χ4n) is 3.29. The number of benzene rings is 2. The van der Waals surface area contributed by atoms with Crippen LogP contribution in [0.25, 0.3) is 6.08 Å². The summed E-state index contributed by atoms with van der Waals surface area (Å²) in [5.41, 5.74) is 2.36. The molecule has 172 valence electrons. The van der Waals surface area contributed by atoms with Crippen molar-refractivity contribution in [3.8, 4) is 11.5 Å². The molecular weight excluding hydrogens is 543 g/mol. The summed E-state index contributed by atoms with van der Waals surface area (Å²) < 4.78 is 16.0. The molecule has 0 atom stereocenters. The van der Waals surface area contributed by atoms with Crippen LogP contribution in [0.5, 0.6) is 11.5 Å². The number of halogens is 1. The van der Waals surface area contributed by atoms with Crippen LogP contribution < -0.4 is 19.7 Å². The Morgan fingerprint density at radius 2 is 1.73 bits per heavy atom. The van der Waals surface area contributed by atoms with E-state index in [0.717, 1.165) is 16.0 Å². The predicted octanol–water partition coefficient (Wildman–Crippen LogP) is 3.13. The number of aryl methyl sites for hydroxylation is 2. The van der Waals surface area contributed by atoms with Crippen molar-refractivity contribution in [2.45, 2.75) is 13.8 Å². The number of methoxy groups -OCH3 is 2. The zero-order valence-electron chi connectivity index (χ0n) is 18.4. The first kappa shape index (κ1) is 24.2. The fraction of sp³-hybridized carbons (Fsp3) is 0.217. The van der Waals surface area contributed by atoms with E-state index in [9.17, 15) is 19.2 Å². The summed E-state index contributed by atoms with van der Waals surface area (Å²) >= 11 is 1.99. The maximum absolute atomic E-state index is 13.2. The lowest BCUT2D eigenvalue weighted by Gasteiger charge is -2.27. The van der Waals surface area contributed by atoms with E-state index < -0.39 is 23.8 Å². The summed E-state index contributed by atoms with van der Waals surface area (Å²) in [4.78, 5) is 50.4. The molecule has 3 rings (SSSR count). The molecule has 0 bridgehead atoms. The largest absolute Gasteiger partial charge is 0.493 e. The number of imide groups is 2. The average Bonchev–Trinajstić information content (AvgIpc) is 2.74. The van der Waals surface area contributed by atoms with Gasteiger partial charge >= 0.3 is 12.0 Å². The van der Waals surface area contributed by atoms with E-state index in [4.69, 9.17) is 9.47 Å². The average molecular weight is 564 g/mol. The van der Waals surface area contributed by atoms with E-state index in [0.29, 0.717) is 26.3 Å². The lowest BCUT2D eigenvalue weighted by molar-refractivity contribution is -0.143. The second-order valence-electron chi connectivity index (χ2n) is 7.20. The number of urea groups is 1. The van der Waals surface area contributed by atoms with E-state index in [1.807, 2.05) is 42.5 Å². The van der Waals surface area contributed by atoms with Crippen molar-refractivity contribution >= 4 is 58.2 Å². The Labute approximate surface area is 203 Å². The van der Waals surface area contributed by atoms with Gasteiger partial charge in [-0.3, -0.25) is 14.9 Å². The highest BCUT2D eigenvalue weighted by molar-refractivity contribution is 14.1. The monoisotopic (exact) mass is 564 g/mol. The highest BCUT2D eigenvalue weighted by atomic mass is 127. The molecule has 1 aliphatic heterocycles. The highest BCUT2D eigenvalue weighted by Gasteiger charge is 2.37. The van der Waals surface area contributed by atoms with E-state index in [1.54, 1.807) is 24.3 Å². The standard InChI is InChI=1S/C23H21IN2O7/c1-12-5-13(2)7-15(6-12)26-22(29)16(21(28)25-23(26)30)8-14-9-17(24)20(18(10-14)31-3)33-11-19(27)32-4/h5-10H,11H2,1-4H3,(H,25,28,30). The van der Waals surface area contributed by atoms with Gasteiger partial charge in [0.1, 0.15) is 5.57 Å². The topological polar surface area (TPSA) is 111 Å². The van der Waals surface area contributed by atoms with Crippen LogP contribution in [0.4, 0.5) is 10.5 Å². The predicted molar refractivity (Wildman–Crippen MR) is 128 cm³/mol. The molecule has 0 saturated carbocycles. The molecule has 1 fully saturated rings. The van der Waals surface area contributed by atoms with Gasteiger partial charge in [-0.05, 0) is 83.5 Å². The van der Waals surface area contributed by atoms with Crippen LogP contribution in [0.15, 0.2) is 35.9 Å². The summed E-state index contributed by atoms with van der Waals surface area (Å²) in [5.74, 6) is -1.49. The van der Waals surface area contributed by atoms with Gasteiger partial charge in [-0.2, -0.15) is 0 Å². The van der Waals surface area contributed by atoms with Gasteiger partial charge in [0, 0.05) is 0 Å². The summed E-state index contributed by atoms with van der Waals surface area (Å²) in [6.45, 7) is 3.39. The third-order valence-corrected chi connectivity index (χ3v) is 5.49. The van der Waals surface area contributed by atoms with Crippen LogP contribution in [0.2, 0.25) is 0 Å². The van der Waals surface area contributed by atoms with Gasteiger partial charge in [-0.1, -0.05) is 6.07 Å². The molecule has 4 amide bonds. The number of nitrogens with zero attached hydrogens (tertiary/aromatic N) is 1. The maximum atomic E-state index is 13.2. The van der Waals surface area contributed by atoms with Gasteiger partial charge in [0.2, 0.25) is 0 Å². The van der Waals surface area contributed by atoms with Gasteiger partial charge in [0.15, 0.2) is 18.1 Å². The van der Waals surface area contributed by atoms with Crippen molar-refractivity contribution in [1.82, 2.24) is 5.32 Å². The number of hydrogen-bond donors (Lipinski definition) is 1. The molecule has 0 aromatic heterocycles. The zero-order chi connectivity index (χ0) is 24.3. The second kappa shape index (κ2) is 10.0. The van der Waals surface area contributed by atoms with Crippen LogP contribution in [0, 0.1) is 17.4 Å². The Balaban J connectivity index is 1.99. The number of ether oxygens (including phenoxy) is 3. The molecule has 1 aliphatic rings. The number of rotatable bonds is 6. The second-order valence-corrected chi connectivity index (χ2v) is 8.36. The molecule has 9 nitrogen and oxygen atoms in total. The number of anilines is 1. The van der Waals surface area contributed by atoms with E-state index in [2.05, 4.69) is 10.1 Å². The third-order valence-electron chi connectivity index (χ3n) is 4.69. The molecule has 0 spiro atoms. The van der Waals surface area contributed by atoms with Crippen molar-refractivity contribution in [3.63, 3.8) is 0 Å². The highest BCUT2D eigenvalue weighted by Crippen LogP contribution is 2.35. The number of carbonyl (C=O) groups excluding carboxylic acids is 4. The van der Waals surface area contributed by atoms with Crippen molar-refractivity contribution in [1.29, 1.82) is 0 Å². The van der Waals surface area contributed by atoms with Gasteiger partial charge < -0.3 is 14.2 Å². The van der Waals surface area contributed by atoms with E-state index >= 15 is 0 Å². The third kappa shape index (κ3) is 5.33. The van der Waals surface area contributed by atoms with Crippen LogP contribution in [0.3, 0.4) is 0 Å². The molecule has 2 aromatic rings. The zero-order valence-corrected chi connectivity index (χ0v) is 20.5. The molecule has 0 aliphatic carbocycles. The molecule has 10 heteroatoms. The first-order chi connectivity index (χ1) is 15.6. The van der Waals surface area contributed by atoms with Gasteiger partial charge in [0.05, 0.1) is 23.5 Å². The minimum atomic E-state index is -0.814. The van der Waals surface area contributed by atoms with E-state index in [-0.39, 0.29) is 12.2 Å². The number of barbiturate groups is 1. The number of hydrogen-bond acceptors (Lipinski definition) is 7. The number of amides is 4. The summed E-state index contributed by atoms with van der Waals surface area (Å²) in [6.07, 6.45) is 1.37. The van der Waals surface area contributed by atoms with Crippen molar-refractivity contribution in [2.24, 2.45) is 0 Å². The minimum Gasteiger partial charge on any atom is -0.493 e. The van der Waals surface area contributed by atoms with Crippen molar-refractivity contribution in [3.05, 3.63) is 56.2 Å². The summed E-state index contributed by atoms with van der Waals surface area (Å²) in [6, 6.07) is 7.69. The van der Waals surface area contributed by atoms with Crippen LogP contribution in [-0.4, -0.2) is 44.6 Å². The molecular formula is C23H21IN2O7. The SMILES string of the molecule is COC(=O)COc1c(I)cc(C=C2C(=O)NC(=O)N(c3cc(C)cc(C)c3)C2=O)cc1OC. The molecule has 1 N–H and O–H groups in total. The Bertz CT molecular complexity index is 1170. The molecule has 33 heavy (non-hydrogen) atoms. The lowest BCUT2D eigenvalue weighted by atomic mass is 10.0. The van der Waals surface area contributed by atoms with E-state index in [1.165, 1.54) is 20.3 Å². The fourth-order valence-corrected chi connectivity index (χ4v) is 4.07. The number of nitrogens with one attached hydrogen (secondary N) is 1. The van der Waals surface area contributed by atoms with Crippen LogP contribution >= 0.6 is 22.6 Å². The number of carbonyl (C=O) groups is 4. The Morgan fingerprint density at radius 3 is 2.33 bits per heavy atom. The van der Waals surface area contributed by atoms with Crippen molar-refractivity contribution in [2.75, 3.05) is 25.7 Å². The quantitative estimate of drug-likeness (QED) is 0.249. The first-order valence-electron chi connectivity index (χ1n) is 9.71. The smallest absolute Gasteiger partial charge is 0.343 e. The Hall–Kier alpha value is -3.41. The minimum absolute atomic E-state index is 0.213. The first-order valence-corrected chi connectivity index (χ1v) is 10.8. The normalized spacial score (nSPS) is 14.9. The van der Waals surface area contributed by atoms with Gasteiger partial charge in [-0.15, -0.1) is 0 Å². The molecule has 1 saturated heterocycles. The molecule has 1 heterocycles. The lowest BCUT2D eigenvalue weighted by Crippen LogP contribution is -2.54. The van der Waals surface area contributed by atoms with Crippen LogP contribution in [0.1, 0.15) is 16.7 Å². The van der Waals surface area contributed by atoms with Gasteiger partial charge in [0.25, 0.3) is 11.8 Å². The molecule has 0 radical (unpaired) electrons. The molecule has 2 aromatic carbocycles. The summed E-state index contributed by atoms with van der Waals surface area (Å²) in [5, 5.41) is 2.21.